The molecule has 0 saturated heterocycles. The molecular formula is C29H24ClN3O3S. The van der Waals surface area contributed by atoms with E-state index in [1.165, 1.54) is 5.56 Å². The van der Waals surface area contributed by atoms with Crippen molar-refractivity contribution in [3.05, 3.63) is 95.2 Å². The van der Waals surface area contributed by atoms with Crippen LogP contribution in [0.25, 0.3) is 33.9 Å². The molecule has 0 aliphatic heterocycles. The normalized spacial score (nSPS) is 11.9. The first-order chi connectivity index (χ1) is 17.9. The summed E-state index contributed by atoms with van der Waals surface area (Å²) in [6.45, 7) is 4.37. The van der Waals surface area contributed by atoms with E-state index < -0.39 is 5.91 Å². The lowest BCUT2D eigenvalue weighted by molar-refractivity contribution is 0.0951. The van der Waals surface area contributed by atoms with E-state index in [0.29, 0.717) is 28.3 Å². The van der Waals surface area contributed by atoms with Crippen LogP contribution in [0.3, 0.4) is 0 Å². The monoisotopic (exact) mass is 529 g/mol. The zero-order valence-corrected chi connectivity index (χ0v) is 21.8. The third-order valence-electron chi connectivity index (χ3n) is 6.15. The van der Waals surface area contributed by atoms with Crippen LogP contribution in [0.15, 0.2) is 87.7 Å². The van der Waals surface area contributed by atoms with Crippen molar-refractivity contribution >= 4 is 51.6 Å². The average Bonchev–Trinajstić information content (AvgIpc) is 3.56. The van der Waals surface area contributed by atoms with Gasteiger partial charge < -0.3 is 14.2 Å². The van der Waals surface area contributed by atoms with Crippen LogP contribution in [0.4, 0.5) is 5.69 Å². The lowest BCUT2D eigenvalue weighted by Gasteiger charge is -2.09. The van der Waals surface area contributed by atoms with Gasteiger partial charge in [-0.1, -0.05) is 37.6 Å². The molecule has 2 N–H and O–H groups in total. The molecule has 0 radical (unpaired) electrons. The molecule has 37 heavy (non-hydrogen) atoms. The number of anilines is 1. The first-order valence-corrected chi connectivity index (χ1v) is 12.7. The Kier molecular flexibility index (Phi) is 7.08. The maximum Gasteiger partial charge on any atom is 0.293 e. The fourth-order valence-electron chi connectivity index (χ4n) is 3.90. The van der Waals surface area contributed by atoms with Crippen molar-refractivity contribution in [3.8, 4) is 22.8 Å². The second-order valence-corrected chi connectivity index (χ2v) is 9.56. The number of thiocarbonyl (C=S) groups is 1. The van der Waals surface area contributed by atoms with Gasteiger partial charge in [-0.25, -0.2) is 4.98 Å². The first-order valence-electron chi connectivity index (χ1n) is 11.9. The van der Waals surface area contributed by atoms with Gasteiger partial charge in [0, 0.05) is 21.8 Å². The molecule has 5 aromatic rings. The van der Waals surface area contributed by atoms with E-state index in [1.54, 1.807) is 24.3 Å². The smallest absolute Gasteiger partial charge is 0.293 e. The van der Waals surface area contributed by atoms with Gasteiger partial charge in [0.25, 0.3) is 5.91 Å². The summed E-state index contributed by atoms with van der Waals surface area (Å²) in [5.41, 5.74) is 5.09. The summed E-state index contributed by atoms with van der Waals surface area (Å²) in [6.07, 6.45) is 1.06. The van der Waals surface area contributed by atoms with Gasteiger partial charge in [0.2, 0.25) is 5.89 Å². The zero-order valence-electron chi connectivity index (χ0n) is 20.2. The van der Waals surface area contributed by atoms with E-state index in [-0.39, 0.29) is 10.9 Å². The third-order valence-corrected chi connectivity index (χ3v) is 6.60. The number of rotatable bonds is 6. The molecule has 0 saturated carbocycles. The van der Waals surface area contributed by atoms with E-state index in [2.05, 4.69) is 41.6 Å². The summed E-state index contributed by atoms with van der Waals surface area (Å²) in [4.78, 5) is 17.3. The Hall–Kier alpha value is -3.94. The molecule has 0 aliphatic rings. The van der Waals surface area contributed by atoms with E-state index in [0.717, 1.165) is 28.6 Å². The predicted molar refractivity (Wildman–Crippen MR) is 151 cm³/mol. The second-order valence-electron chi connectivity index (χ2n) is 8.72. The Balaban J connectivity index is 1.26. The van der Waals surface area contributed by atoms with Crippen LogP contribution in [0, 0.1) is 0 Å². The quantitative estimate of drug-likeness (QED) is 0.217. The summed E-state index contributed by atoms with van der Waals surface area (Å²) >= 11 is 11.3. The van der Waals surface area contributed by atoms with Crippen LogP contribution in [-0.2, 0) is 0 Å². The summed E-state index contributed by atoms with van der Waals surface area (Å²) in [6, 6.07) is 24.1. The number of carbonyl (C=O) groups is 1. The molecule has 186 valence electrons. The molecule has 2 heterocycles. The van der Waals surface area contributed by atoms with Gasteiger partial charge in [-0.3, -0.25) is 10.1 Å². The minimum absolute atomic E-state index is 0.141. The molecule has 0 unspecified atom stereocenters. The molecule has 0 aliphatic carbocycles. The SMILES string of the molecule is CC[C@H](C)c1ccc2oc(-c3cccc(NC(=S)NC(=O)c4ccc(-c5ccc(Cl)cc5)o4)c3)nc2c1. The van der Waals surface area contributed by atoms with E-state index in [9.17, 15) is 4.79 Å². The number of nitrogens with zero attached hydrogens (tertiary/aromatic N) is 1. The Morgan fingerprint density at radius 3 is 2.59 bits per heavy atom. The molecule has 1 atom stereocenters. The predicted octanol–water partition coefficient (Wildman–Crippen LogP) is 8.05. The number of aromatic nitrogens is 1. The van der Waals surface area contributed by atoms with Gasteiger partial charge >= 0.3 is 0 Å². The van der Waals surface area contributed by atoms with Crippen LogP contribution in [0.5, 0.6) is 0 Å². The van der Waals surface area contributed by atoms with Crippen molar-refractivity contribution in [2.24, 2.45) is 0 Å². The number of hydrogen-bond acceptors (Lipinski definition) is 5. The van der Waals surface area contributed by atoms with Crippen LogP contribution >= 0.6 is 23.8 Å². The van der Waals surface area contributed by atoms with Crippen LogP contribution < -0.4 is 10.6 Å². The molecule has 8 heteroatoms. The fraction of sp³-hybridized carbons (Fsp3) is 0.138. The number of carbonyl (C=O) groups excluding carboxylic acids is 1. The number of hydrogen-bond donors (Lipinski definition) is 2. The number of nitrogens with one attached hydrogen (secondary N) is 2. The topological polar surface area (TPSA) is 80.3 Å². The highest BCUT2D eigenvalue weighted by molar-refractivity contribution is 7.80. The van der Waals surface area contributed by atoms with E-state index >= 15 is 0 Å². The lowest BCUT2D eigenvalue weighted by Crippen LogP contribution is -2.33. The number of halogens is 1. The molecular weight excluding hydrogens is 506 g/mol. The molecule has 0 spiro atoms. The van der Waals surface area contributed by atoms with Gasteiger partial charge in [-0.2, -0.15) is 0 Å². The van der Waals surface area contributed by atoms with Crippen LogP contribution in [0.1, 0.15) is 42.3 Å². The minimum atomic E-state index is -0.454. The van der Waals surface area contributed by atoms with E-state index in [1.807, 2.05) is 42.5 Å². The third kappa shape index (κ3) is 5.58. The standard InChI is InChI=1S/C29H24ClN3O3S/c1-3-17(2)19-9-12-25-23(16-19)32-28(36-25)20-5-4-6-22(15-20)31-29(37)33-27(34)26-14-13-24(35-26)18-7-10-21(30)11-8-18/h4-17H,3H2,1-2H3,(H2,31,33,34,37)/t17-/m0/s1. The van der Waals surface area contributed by atoms with Gasteiger partial charge in [-0.15, -0.1) is 0 Å². The summed E-state index contributed by atoms with van der Waals surface area (Å²) in [5.74, 6) is 1.22. The van der Waals surface area contributed by atoms with Gasteiger partial charge in [-0.05, 0) is 96.9 Å². The van der Waals surface area contributed by atoms with Crippen LogP contribution in [-0.4, -0.2) is 16.0 Å². The van der Waals surface area contributed by atoms with Crippen molar-refractivity contribution in [1.82, 2.24) is 10.3 Å². The lowest BCUT2D eigenvalue weighted by atomic mass is 9.98. The Morgan fingerprint density at radius 1 is 1.00 bits per heavy atom. The molecule has 3 aromatic carbocycles. The highest BCUT2D eigenvalue weighted by Crippen LogP contribution is 2.29. The van der Waals surface area contributed by atoms with Crippen molar-refractivity contribution in [3.63, 3.8) is 0 Å². The van der Waals surface area contributed by atoms with Crippen molar-refractivity contribution < 1.29 is 13.6 Å². The Morgan fingerprint density at radius 2 is 1.81 bits per heavy atom. The minimum Gasteiger partial charge on any atom is -0.451 e. The molecule has 2 aromatic heterocycles. The number of furan rings is 1. The van der Waals surface area contributed by atoms with Gasteiger partial charge in [0.15, 0.2) is 16.5 Å². The first kappa shape index (κ1) is 24.7. The summed E-state index contributed by atoms with van der Waals surface area (Å²) in [5, 5.41) is 6.45. The highest BCUT2D eigenvalue weighted by Gasteiger charge is 2.15. The summed E-state index contributed by atoms with van der Waals surface area (Å²) < 4.78 is 11.7. The molecule has 0 bridgehead atoms. The molecule has 5 rings (SSSR count). The number of fused-ring (bicyclic) bond motifs is 1. The van der Waals surface area contributed by atoms with Crippen molar-refractivity contribution in [2.45, 2.75) is 26.2 Å². The zero-order chi connectivity index (χ0) is 25.9. The van der Waals surface area contributed by atoms with Crippen LogP contribution in [0.2, 0.25) is 5.02 Å². The molecule has 1 amide bonds. The average molecular weight is 530 g/mol. The van der Waals surface area contributed by atoms with E-state index in [4.69, 9.17) is 32.7 Å². The fourth-order valence-corrected chi connectivity index (χ4v) is 4.23. The molecule has 0 fully saturated rings. The second kappa shape index (κ2) is 10.6. The maximum absolute atomic E-state index is 12.7. The van der Waals surface area contributed by atoms with Gasteiger partial charge in [0.1, 0.15) is 11.3 Å². The van der Waals surface area contributed by atoms with Crippen molar-refractivity contribution in [1.29, 1.82) is 0 Å². The summed E-state index contributed by atoms with van der Waals surface area (Å²) in [7, 11) is 0. The largest absolute Gasteiger partial charge is 0.451 e. The number of oxazole rings is 1. The van der Waals surface area contributed by atoms with Crippen molar-refractivity contribution in [2.75, 3.05) is 5.32 Å². The Bertz CT molecular complexity index is 1590. The maximum atomic E-state index is 12.7. The van der Waals surface area contributed by atoms with Gasteiger partial charge in [0.05, 0.1) is 0 Å². The number of amides is 1. The highest BCUT2D eigenvalue weighted by atomic mass is 35.5. The molecule has 6 nitrogen and oxygen atoms in total. The number of benzene rings is 3. The Labute approximate surface area is 224 Å².